The Kier molecular flexibility index (Phi) is 5.37. The highest BCUT2D eigenvalue weighted by atomic mass is 32.2. The lowest BCUT2D eigenvalue weighted by Crippen LogP contribution is -2.43. The predicted molar refractivity (Wildman–Crippen MR) is 89.4 cm³/mol. The molecule has 2 rings (SSSR count). The van der Waals surface area contributed by atoms with Crippen LogP contribution in [-0.2, 0) is 19.7 Å². The van der Waals surface area contributed by atoms with E-state index >= 15 is 0 Å². The van der Waals surface area contributed by atoms with E-state index in [-0.39, 0.29) is 22.2 Å². The molecule has 1 aromatic rings. The minimum atomic E-state index is -3.82. The van der Waals surface area contributed by atoms with Gasteiger partial charge in [0.05, 0.1) is 23.9 Å². The van der Waals surface area contributed by atoms with Crippen LogP contribution < -0.4 is 10.1 Å². The third-order valence-electron chi connectivity index (χ3n) is 3.98. The van der Waals surface area contributed by atoms with Crippen molar-refractivity contribution >= 4 is 19.7 Å². The van der Waals surface area contributed by atoms with E-state index in [1.54, 1.807) is 19.1 Å². The van der Waals surface area contributed by atoms with Crippen LogP contribution in [0, 0.1) is 6.92 Å². The van der Waals surface area contributed by atoms with Gasteiger partial charge < -0.3 is 10.1 Å². The summed E-state index contributed by atoms with van der Waals surface area (Å²) in [6.07, 6.45) is 0.803. The highest BCUT2D eigenvalue weighted by Crippen LogP contribution is 2.32. The molecule has 1 aromatic carbocycles. The first-order valence-electron chi connectivity index (χ1n) is 7.53. The summed E-state index contributed by atoms with van der Waals surface area (Å²) in [5.41, 5.74) is 0.781. The van der Waals surface area contributed by atoms with E-state index in [1.807, 2.05) is 6.92 Å². The molecule has 0 radical (unpaired) electrons. The number of aryl methyl sites for hydroxylation is 1. The summed E-state index contributed by atoms with van der Waals surface area (Å²) in [6, 6.07) is 4.31. The maximum absolute atomic E-state index is 13.0. The number of hydrogen-bond acceptors (Lipinski definition) is 6. The summed E-state index contributed by atoms with van der Waals surface area (Å²) in [4.78, 5) is 0.0606. The Morgan fingerprint density at radius 3 is 2.61 bits per heavy atom. The van der Waals surface area contributed by atoms with Crippen LogP contribution >= 0.6 is 0 Å². The Morgan fingerprint density at radius 1 is 1.30 bits per heavy atom. The SMILES string of the molecule is CCCN[C@H]1CS(=O)(=O)C[C@@H]1S(=O)(=O)c1cc(C)ccc1OC. The fourth-order valence-electron chi connectivity index (χ4n) is 2.81. The largest absolute Gasteiger partial charge is 0.495 e. The highest BCUT2D eigenvalue weighted by Gasteiger charge is 2.46. The average molecular weight is 361 g/mol. The number of hydrogen-bond donors (Lipinski definition) is 1. The molecule has 1 saturated heterocycles. The van der Waals surface area contributed by atoms with Crippen LogP contribution in [0.4, 0.5) is 0 Å². The molecule has 1 aliphatic rings. The smallest absolute Gasteiger partial charge is 0.187 e. The topological polar surface area (TPSA) is 89.5 Å². The van der Waals surface area contributed by atoms with E-state index in [0.717, 1.165) is 12.0 Å². The second kappa shape index (κ2) is 6.78. The van der Waals surface area contributed by atoms with Crippen molar-refractivity contribution in [1.82, 2.24) is 5.32 Å². The summed E-state index contributed by atoms with van der Waals surface area (Å²) in [6.45, 7) is 4.32. The van der Waals surface area contributed by atoms with Gasteiger partial charge in [-0.05, 0) is 37.6 Å². The fourth-order valence-corrected chi connectivity index (χ4v) is 7.77. The standard InChI is InChI=1S/C15H23NO5S2/c1-4-7-16-12-9-22(17,18)10-15(12)23(19,20)14-8-11(2)5-6-13(14)21-3/h5-6,8,12,15-16H,4,7,9-10H2,1-3H3/t12-,15-/m0/s1. The Morgan fingerprint density at radius 2 is 2.00 bits per heavy atom. The zero-order chi connectivity index (χ0) is 17.3. The maximum Gasteiger partial charge on any atom is 0.187 e. The van der Waals surface area contributed by atoms with Gasteiger partial charge in [0.25, 0.3) is 0 Å². The first-order valence-corrected chi connectivity index (χ1v) is 10.9. The lowest BCUT2D eigenvalue weighted by Gasteiger charge is -2.21. The Labute approximate surface area is 138 Å². The lowest BCUT2D eigenvalue weighted by atomic mass is 10.2. The van der Waals surface area contributed by atoms with Gasteiger partial charge in [0.2, 0.25) is 0 Å². The molecule has 0 unspecified atom stereocenters. The van der Waals surface area contributed by atoms with Gasteiger partial charge in [0.1, 0.15) is 10.6 Å². The Balaban J connectivity index is 2.47. The molecule has 1 fully saturated rings. The first-order chi connectivity index (χ1) is 10.7. The summed E-state index contributed by atoms with van der Waals surface area (Å²) in [5.74, 6) is -0.257. The number of benzene rings is 1. The van der Waals surface area contributed by atoms with Gasteiger partial charge in [-0.15, -0.1) is 0 Å². The molecule has 6 nitrogen and oxygen atoms in total. The number of rotatable bonds is 6. The monoisotopic (exact) mass is 361 g/mol. The van der Waals surface area contributed by atoms with Crippen LogP contribution in [0.2, 0.25) is 0 Å². The molecule has 1 aliphatic heterocycles. The summed E-state index contributed by atoms with van der Waals surface area (Å²) in [5, 5.41) is 2.07. The number of methoxy groups -OCH3 is 1. The Bertz CT molecular complexity index is 771. The number of ether oxygens (including phenoxy) is 1. The van der Waals surface area contributed by atoms with Crippen molar-refractivity contribution in [3.63, 3.8) is 0 Å². The van der Waals surface area contributed by atoms with Crippen LogP contribution in [-0.4, -0.2) is 53.3 Å². The fraction of sp³-hybridized carbons (Fsp3) is 0.600. The molecule has 1 N–H and O–H groups in total. The molecule has 0 aliphatic carbocycles. The van der Waals surface area contributed by atoms with Crippen molar-refractivity contribution in [2.24, 2.45) is 0 Å². The third-order valence-corrected chi connectivity index (χ3v) is 8.15. The molecule has 1 heterocycles. The van der Waals surface area contributed by atoms with E-state index in [2.05, 4.69) is 5.32 Å². The molecular weight excluding hydrogens is 338 g/mol. The second-order valence-corrected chi connectivity index (χ2v) is 10.2. The lowest BCUT2D eigenvalue weighted by molar-refractivity contribution is 0.402. The summed E-state index contributed by atoms with van der Waals surface area (Å²) >= 11 is 0. The minimum Gasteiger partial charge on any atom is -0.495 e. The van der Waals surface area contributed by atoms with Crippen LogP contribution in [0.15, 0.2) is 23.1 Å². The van der Waals surface area contributed by atoms with Crippen LogP contribution in [0.1, 0.15) is 18.9 Å². The van der Waals surface area contributed by atoms with E-state index < -0.39 is 31.0 Å². The van der Waals surface area contributed by atoms with Crippen molar-refractivity contribution in [2.45, 2.75) is 36.5 Å². The molecule has 0 bridgehead atoms. The zero-order valence-electron chi connectivity index (χ0n) is 13.6. The van der Waals surface area contributed by atoms with Gasteiger partial charge in [-0.3, -0.25) is 0 Å². The molecule has 0 amide bonds. The molecule has 130 valence electrons. The van der Waals surface area contributed by atoms with Crippen molar-refractivity contribution in [3.8, 4) is 5.75 Å². The number of nitrogens with one attached hydrogen (secondary N) is 1. The average Bonchev–Trinajstić information content (AvgIpc) is 2.80. The van der Waals surface area contributed by atoms with Gasteiger partial charge in [-0.2, -0.15) is 0 Å². The van der Waals surface area contributed by atoms with Gasteiger partial charge in [-0.25, -0.2) is 16.8 Å². The predicted octanol–water partition coefficient (Wildman–Crippen LogP) is 0.943. The van der Waals surface area contributed by atoms with Gasteiger partial charge in [0.15, 0.2) is 19.7 Å². The summed E-state index contributed by atoms with van der Waals surface area (Å²) < 4.78 is 55.2. The summed E-state index contributed by atoms with van der Waals surface area (Å²) in [7, 11) is -5.79. The van der Waals surface area contributed by atoms with Crippen molar-refractivity contribution in [2.75, 3.05) is 25.2 Å². The molecule has 0 saturated carbocycles. The minimum absolute atomic E-state index is 0.0606. The quantitative estimate of drug-likeness (QED) is 0.811. The normalized spacial score (nSPS) is 23.8. The third kappa shape index (κ3) is 3.87. The number of sulfone groups is 2. The molecule has 0 aromatic heterocycles. The van der Waals surface area contributed by atoms with E-state index in [0.29, 0.717) is 6.54 Å². The second-order valence-electron chi connectivity index (χ2n) is 5.88. The van der Waals surface area contributed by atoms with Crippen molar-refractivity contribution < 1.29 is 21.6 Å². The van der Waals surface area contributed by atoms with E-state index in [1.165, 1.54) is 13.2 Å². The molecule has 8 heteroatoms. The molecular formula is C15H23NO5S2. The Hall–Kier alpha value is -1.12. The van der Waals surface area contributed by atoms with Crippen molar-refractivity contribution in [1.29, 1.82) is 0 Å². The zero-order valence-corrected chi connectivity index (χ0v) is 15.2. The van der Waals surface area contributed by atoms with E-state index in [9.17, 15) is 16.8 Å². The van der Waals surface area contributed by atoms with Crippen LogP contribution in [0.25, 0.3) is 0 Å². The van der Waals surface area contributed by atoms with Crippen molar-refractivity contribution in [3.05, 3.63) is 23.8 Å². The molecule has 0 spiro atoms. The van der Waals surface area contributed by atoms with Gasteiger partial charge in [0, 0.05) is 6.04 Å². The molecule has 2 atom stereocenters. The van der Waals surface area contributed by atoms with Crippen LogP contribution in [0.5, 0.6) is 5.75 Å². The maximum atomic E-state index is 13.0. The van der Waals surface area contributed by atoms with Gasteiger partial charge >= 0.3 is 0 Å². The van der Waals surface area contributed by atoms with E-state index in [4.69, 9.17) is 4.74 Å². The highest BCUT2D eigenvalue weighted by molar-refractivity contribution is 7.96. The first kappa shape index (κ1) is 18.2. The molecule has 23 heavy (non-hydrogen) atoms. The van der Waals surface area contributed by atoms with Gasteiger partial charge in [-0.1, -0.05) is 13.0 Å². The van der Waals surface area contributed by atoms with Crippen LogP contribution in [0.3, 0.4) is 0 Å².